The molecule has 0 radical (unpaired) electrons. The maximum absolute atomic E-state index is 6.83. The van der Waals surface area contributed by atoms with Gasteiger partial charge in [0.15, 0.2) is 14.1 Å². The van der Waals surface area contributed by atoms with E-state index in [4.69, 9.17) is 18.6 Å². The van der Waals surface area contributed by atoms with E-state index >= 15 is 0 Å². The van der Waals surface area contributed by atoms with Crippen molar-refractivity contribution in [2.45, 2.75) is 83.0 Å². The summed E-state index contributed by atoms with van der Waals surface area (Å²) >= 11 is 0. The van der Waals surface area contributed by atoms with E-state index in [0.717, 1.165) is 12.2 Å². The minimum Gasteiger partial charge on any atom is -0.408 e. The molecule has 2 aliphatic rings. The van der Waals surface area contributed by atoms with Gasteiger partial charge in [-0.2, -0.15) is 0 Å². The maximum atomic E-state index is 6.83. The van der Waals surface area contributed by atoms with Gasteiger partial charge in [0.1, 0.15) is 24.4 Å². The van der Waals surface area contributed by atoms with Gasteiger partial charge in [0.05, 0.1) is 6.61 Å². The van der Waals surface area contributed by atoms with Crippen molar-refractivity contribution < 1.29 is 18.6 Å². The Labute approximate surface area is 152 Å². The first-order valence-corrected chi connectivity index (χ1v) is 12.1. The number of epoxide rings is 1. The molecule has 0 amide bonds. The molecule has 0 aliphatic carbocycles. The lowest BCUT2D eigenvalue weighted by Gasteiger charge is -2.49. The van der Waals surface area contributed by atoms with Crippen LogP contribution in [0.4, 0.5) is 0 Å². The van der Waals surface area contributed by atoms with Crippen molar-refractivity contribution in [2.75, 3.05) is 6.61 Å². The Kier molecular flexibility index (Phi) is 4.92. The van der Waals surface area contributed by atoms with Gasteiger partial charge in [-0.1, -0.05) is 51.1 Å². The second kappa shape index (κ2) is 6.46. The highest BCUT2D eigenvalue weighted by molar-refractivity contribution is 6.74. The van der Waals surface area contributed by atoms with Crippen LogP contribution in [0.1, 0.15) is 46.3 Å². The average molecular weight is 365 g/mol. The molecule has 0 unspecified atom stereocenters. The van der Waals surface area contributed by atoms with Crippen molar-refractivity contribution in [3.8, 4) is 0 Å². The van der Waals surface area contributed by atoms with Crippen molar-refractivity contribution in [1.29, 1.82) is 0 Å². The van der Waals surface area contributed by atoms with E-state index in [9.17, 15) is 0 Å². The smallest absolute Gasteiger partial charge is 0.192 e. The Morgan fingerprint density at radius 3 is 2.20 bits per heavy atom. The molecule has 0 bridgehead atoms. The van der Waals surface area contributed by atoms with Crippen LogP contribution < -0.4 is 0 Å². The molecule has 4 nitrogen and oxygen atoms in total. The van der Waals surface area contributed by atoms with Gasteiger partial charge in [0.2, 0.25) is 0 Å². The number of rotatable bonds is 4. The predicted molar refractivity (Wildman–Crippen MR) is 101 cm³/mol. The molecule has 0 aromatic heterocycles. The third kappa shape index (κ3) is 4.17. The fourth-order valence-electron chi connectivity index (χ4n) is 3.05. The summed E-state index contributed by atoms with van der Waals surface area (Å²) in [6, 6.07) is 10.3. The summed E-state index contributed by atoms with van der Waals surface area (Å²) in [5.74, 6) is -0.662. The summed E-state index contributed by atoms with van der Waals surface area (Å²) < 4.78 is 25.1. The molecular formula is C20H32O4Si. The Morgan fingerprint density at radius 1 is 1.08 bits per heavy atom. The zero-order chi connectivity index (χ0) is 18.5. The summed E-state index contributed by atoms with van der Waals surface area (Å²) in [6.07, 6.45) is -0.329. The van der Waals surface area contributed by atoms with Crippen molar-refractivity contribution in [1.82, 2.24) is 0 Å². The van der Waals surface area contributed by atoms with E-state index in [1.165, 1.54) is 0 Å². The summed E-state index contributed by atoms with van der Waals surface area (Å²) in [6.45, 7) is 16.0. The van der Waals surface area contributed by atoms with Gasteiger partial charge in [0.25, 0.3) is 0 Å². The minimum absolute atomic E-state index is 0.101. The van der Waals surface area contributed by atoms with Gasteiger partial charge in [-0.15, -0.1) is 0 Å². The SMILES string of the molecule is CC1(C)O[C@@H]([C@H]2CO2)[C@H](O[Si](C)(C)C(C)(C)C)[C@@H](c2ccccc2)O1. The summed E-state index contributed by atoms with van der Waals surface area (Å²) in [5, 5.41) is 0.121. The summed E-state index contributed by atoms with van der Waals surface area (Å²) in [7, 11) is -1.99. The van der Waals surface area contributed by atoms with Crippen LogP contribution >= 0.6 is 0 Å². The lowest BCUT2D eigenvalue weighted by molar-refractivity contribution is -0.334. The van der Waals surface area contributed by atoms with Gasteiger partial charge >= 0.3 is 0 Å². The highest BCUT2D eigenvalue weighted by atomic mass is 28.4. The van der Waals surface area contributed by atoms with Gasteiger partial charge in [-0.25, -0.2) is 0 Å². The van der Waals surface area contributed by atoms with Gasteiger partial charge in [-0.3, -0.25) is 0 Å². The molecule has 140 valence electrons. The van der Waals surface area contributed by atoms with E-state index in [-0.39, 0.29) is 29.5 Å². The Morgan fingerprint density at radius 2 is 1.68 bits per heavy atom. The van der Waals surface area contributed by atoms with E-state index in [1.54, 1.807) is 0 Å². The molecule has 3 rings (SSSR count). The third-order valence-electron chi connectivity index (χ3n) is 5.54. The molecule has 0 saturated carbocycles. The van der Waals surface area contributed by atoms with Crippen LogP contribution in [0, 0.1) is 0 Å². The Balaban J connectivity index is 1.96. The Hall–Kier alpha value is -0.723. The average Bonchev–Trinajstić information content (AvgIpc) is 3.32. The molecule has 2 fully saturated rings. The van der Waals surface area contributed by atoms with Gasteiger partial charge in [-0.05, 0) is 37.5 Å². The largest absolute Gasteiger partial charge is 0.408 e. The molecule has 2 aliphatic heterocycles. The zero-order valence-electron chi connectivity index (χ0n) is 16.5. The normalized spacial score (nSPS) is 32.4. The number of hydrogen-bond donors (Lipinski definition) is 0. The zero-order valence-corrected chi connectivity index (χ0v) is 17.5. The van der Waals surface area contributed by atoms with Crippen LogP contribution in [0.2, 0.25) is 18.1 Å². The molecule has 0 spiro atoms. The van der Waals surface area contributed by atoms with Crippen molar-refractivity contribution >= 4 is 8.32 Å². The highest BCUT2D eigenvalue weighted by Gasteiger charge is 2.54. The second-order valence-corrected chi connectivity index (χ2v) is 13.9. The van der Waals surface area contributed by atoms with Crippen LogP contribution in [-0.4, -0.2) is 39.0 Å². The van der Waals surface area contributed by atoms with Crippen LogP contribution in [-0.2, 0) is 18.6 Å². The predicted octanol–water partition coefficient (Wildman–Crippen LogP) is 4.67. The van der Waals surface area contributed by atoms with Gasteiger partial charge in [0, 0.05) is 0 Å². The van der Waals surface area contributed by atoms with E-state index in [0.29, 0.717) is 0 Å². The number of ether oxygens (including phenoxy) is 3. The fraction of sp³-hybridized carbons (Fsp3) is 0.700. The molecule has 2 heterocycles. The molecule has 1 aromatic rings. The third-order valence-corrected chi connectivity index (χ3v) is 10.0. The molecule has 2 saturated heterocycles. The minimum atomic E-state index is -1.99. The fourth-order valence-corrected chi connectivity index (χ4v) is 4.34. The van der Waals surface area contributed by atoms with Crippen molar-refractivity contribution in [3.05, 3.63) is 35.9 Å². The summed E-state index contributed by atoms with van der Waals surface area (Å²) in [4.78, 5) is 0. The molecule has 1 aromatic carbocycles. The molecule has 0 N–H and O–H groups in total. The standard InChI is InChI=1S/C20H32O4Si/c1-19(2,3)25(6,7)24-18-16(14-11-9-8-10-12-14)22-20(4,5)23-17(18)15-13-21-15/h8-12,15-18H,13H2,1-7H3/t15-,16-,17+,18-/m1/s1. The number of benzene rings is 1. The van der Waals surface area contributed by atoms with E-state index in [1.807, 2.05) is 32.0 Å². The van der Waals surface area contributed by atoms with E-state index in [2.05, 4.69) is 46.0 Å². The van der Waals surface area contributed by atoms with Crippen LogP contribution in [0.15, 0.2) is 30.3 Å². The highest BCUT2D eigenvalue weighted by Crippen LogP contribution is 2.45. The molecular weight excluding hydrogens is 332 g/mol. The first-order valence-electron chi connectivity index (χ1n) is 9.20. The lowest BCUT2D eigenvalue weighted by Crippen LogP contribution is -2.57. The Bertz CT molecular complexity index is 589. The molecule has 25 heavy (non-hydrogen) atoms. The van der Waals surface area contributed by atoms with Crippen molar-refractivity contribution in [3.63, 3.8) is 0 Å². The molecule has 4 atom stereocenters. The van der Waals surface area contributed by atoms with Crippen LogP contribution in [0.5, 0.6) is 0 Å². The maximum Gasteiger partial charge on any atom is 0.192 e. The van der Waals surface area contributed by atoms with Gasteiger partial charge < -0.3 is 18.6 Å². The second-order valence-electron chi connectivity index (χ2n) is 9.15. The van der Waals surface area contributed by atoms with Crippen molar-refractivity contribution in [2.24, 2.45) is 0 Å². The monoisotopic (exact) mass is 364 g/mol. The number of hydrogen-bond acceptors (Lipinski definition) is 4. The topological polar surface area (TPSA) is 40.2 Å². The van der Waals surface area contributed by atoms with Crippen LogP contribution in [0.25, 0.3) is 0 Å². The quantitative estimate of drug-likeness (QED) is 0.575. The first kappa shape index (κ1) is 19.0. The summed E-state index contributed by atoms with van der Waals surface area (Å²) in [5.41, 5.74) is 1.13. The van der Waals surface area contributed by atoms with Crippen LogP contribution in [0.3, 0.4) is 0 Å². The van der Waals surface area contributed by atoms with E-state index < -0.39 is 14.1 Å². The first-order chi connectivity index (χ1) is 11.5. The lowest BCUT2D eigenvalue weighted by atomic mass is 9.96. The molecule has 5 heteroatoms.